The van der Waals surface area contributed by atoms with Crippen LogP contribution in [0.3, 0.4) is 0 Å². The number of benzene rings is 1. The molecule has 7 heteroatoms. The first-order chi connectivity index (χ1) is 13.5. The van der Waals surface area contributed by atoms with Crippen LogP contribution in [0, 0.1) is 0 Å². The molecule has 0 bridgehead atoms. The van der Waals surface area contributed by atoms with E-state index in [2.05, 4.69) is 27.1 Å². The smallest absolute Gasteiger partial charge is 0.158 e. The second-order valence-corrected chi connectivity index (χ2v) is 6.54. The lowest BCUT2D eigenvalue weighted by molar-refractivity contribution is 0.477. The van der Waals surface area contributed by atoms with Crippen molar-refractivity contribution in [3.8, 4) is 17.0 Å². The van der Waals surface area contributed by atoms with Crippen LogP contribution >= 0.6 is 11.6 Å². The average Bonchev–Trinajstić information content (AvgIpc) is 2.70. The summed E-state index contributed by atoms with van der Waals surface area (Å²) in [7, 11) is 0. The van der Waals surface area contributed by atoms with Gasteiger partial charge in [-0.15, -0.1) is 10.2 Å². The number of allylic oxidation sites excluding steroid dienone is 4. The van der Waals surface area contributed by atoms with Gasteiger partial charge < -0.3 is 10.4 Å². The fourth-order valence-corrected chi connectivity index (χ4v) is 2.77. The number of aromatic nitrogens is 3. The van der Waals surface area contributed by atoms with Crippen molar-refractivity contribution in [2.45, 2.75) is 6.92 Å². The third-order valence-corrected chi connectivity index (χ3v) is 4.29. The zero-order valence-electron chi connectivity index (χ0n) is 15.2. The highest BCUT2D eigenvalue weighted by molar-refractivity contribution is 6.30. The molecule has 0 aliphatic rings. The molecule has 0 aliphatic heterocycles. The van der Waals surface area contributed by atoms with Crippen LogP contribution in [0.25, 0.3) is 22.0 Å². The van der Waals surface area contributed by atoms with Crippen LogP contribution in [0.15, 0.2) is 72.9 Å². The minimum absolute atomic E-state index is 0.0235. The molecular formula is C21H18ClFN4O. The monoisotopic (exact) mass is 396 g/mol. The van der Waals surface area contributed by atoms with Gasteiger partial charge in [0.25, 0.3) is 0 Å². The van der Waals surface area contributed by atoms with Crippen LogP contribution < -0.4 is 5.32 Å². The molecule has 0 saturated carbocycles. The van der Waals surface area contributed by atoms with Crippen LogP contribution in [0.5, 0.6) is 5.75 Å². The van der Waals surface area contributed by atoms with Gasteiger partial charge in [-0.2, -0.15) is 0 Å². The van der Waals surface area contributed by atoms with E-state index >= 15 is 0 Å². The Morgan fingerprint density at radius 1 is 1.25 bits per heavy atom. The summed E-state index contributed by atoms with van der Waals surface area (Å²) in [5.41, 5.74) is 1.95. The summed E-state index contributed by atoms with van der Waals surface area (Å²) in [5, 5.41) is 23.9. The minimum Gasteiger partial charge on any atom is -0.507 e. The van der Waals surface area contributed by atoms with Crippen molar-refractivity contribution in [2.24, 2.45) is 0 Å². The molecule has 1 aromatic carbocycles. The van der Waals surface area contributed by atoms with Crippen molar-refractivity contribution in [1.82, 2.24) is 15.2 Å². The zero-order valence-corrected chi connectivity index (χ0v) is 15.9. The standard InChI is InChI=1S/C21H18ClFN4O/c1-3-15(23)6-4-13(2)11-25-21-18-12-24-9-8-16(18)20(26-27-21)17-7-5-14(22)10-19(17)28/h3-10,12,28H,1,11H2,2H3,(H,25,27)/b13-4+,15-6+. The Bertz CT molecular complexity index is 1090. The Morgan fingerprint density at radius 3 is 2.82 bits per heavy atom. The summed E-state index contributed by atoms with van der Waals surface area (Å²) in [6.07, 6.45) is 7.49. The normalized spacial score (nSPS) is 12.2. The molecule has 0 spiro atoms. The molecule has 2 N–H and O–H groups in total. The molecule has 0 amide bonds. The summed E-state index contributed by atoms with van der Waals surface area (Å²) in [5.74, 6) is 0.164. The molecule has 0 unspecified atom stereocenters. The average molecular weight is 397 g/mol. The van der Waals surface area contributed by atoms with E-state index in [0.29, 0.717) is 28.6 Å². The summed E-state index contributed by atoms with van der Waals surface area (Å²) in [6.45, 7) is 5.69. The highest BCUT2D eigenvalue weighted by Gasteiger charge is 2.14. The molecule has 2 heterocycles. The SMILES string of the molecule is C=C/C(F)=C\C=C(/C)CNc1nnc(-c2ccc(Cl)cc2O)c2ccncc12. The molecule has 3 rings (SSSR count). The lowest BCUT2D eigenvalue weighted by Crippen LogP contribution is -2.07. The first-order valence-electron chi connectivity index (χ1n) is 8.48. The maximum absolute atomic E-state index is 13.1. The molecule has 0 atom stereocenters. The van der Waals surface area contributed by atoms with E-state index in [1.165, 1.54) is 12.1 Å². The van der Waals surface area contributed by atoms with Crippen LogP contribution in [-0.4, -0.2) is 26.8 Å². The predicted molar refractivity (Wildman–Crippen MR) is 111 cm³/mol. The summed E-state index contributed by atoms with van der Waals surface area (Å²) < 4.78 is 13.1. The molecule has 2 aromatic heterocycles. The first-order valence-corrected chi connectivity index (χ1v) is 8.86. The van der Waals surface area contributed by atoms with Crippen LogP contribution in [0.1, 0.15) is 6.92 Å². The Balaban J connectivity index is 1.95. The number of nitrogens with one attached hydrogen (secondary N) is 1. The van der Waals surface area contributed by atoms with Gasteiger partial charge in [-0.05, 0) is 43.3 Å². The fraction of sp³-hybridized carbons (Fsp3) is 0.0952. The van der Waals surface area contributed by atoms with E-state index in [4.69, 9.17) is 11.6 Å². The lowest BCUT2D eigenvalue weighted by atomic mass is 10.1. The molecule has 28 heavy (non-hydrogen) atoms. The molecular weight excluding hydrogens is 379 g/mol. The van der Waals surface area contributed by atoms with E-state index in [-0.39, 0.29) is 5.75 Å². The molecule has 0 radical (unpaired) electrons. The second kappa shape index (κ2) is 8.63. The van der Waals surface area contributed by atoms with E-state index in [1.54, 1.807) is 30.6 Å². The van der Waals surface area contributed by atoms with Crippen molar-refractivity contribution in [3.63, 3.8) is 0 Å². The largest absolute Gasteiger partial charge is 0.507 e. The van der Waals surface area contributed by atoms with Crippen LogP contribution in [0.4, 0.5) is 10.2 Å². The topological polar surface area (TPSA) is 70.9 Å². The maximum atomic E-state index is 13.1. The second-order valence-electron chi connectivity index (χ2n) is 6.10. The van der Waals surface area contributed by atoms with Crippen LogP contribution in [0.2, 0.25) is 5.02 Å². The molecule has 0 fully saturated rings. The fourth-order valence-electron chi connectivity index (χ4n) is 2.60. The highest BCUT2D eigenvalue weighted by atomic mass is 35.5. The molecule has 3 aromatic rings. The quantitative estimate of drug-likeness (QED) is 0.542. The van der Waals surface area contributed by atoms with Gasteiger partial charge in [0.15, 0.2) is 5.82 Å². The zero-order chi connectivity index (χ0) is 20.1. The summed E-state index contributed by atoms with van der Waals surface area (Å²) in [6, 6.07) is 6.65. The number of halogens is 2. The minimum atomic E-state index is -0.402. The number of hydrogen-bond acceptors (Lipinski definition) is 5. The van der Waals surface area contributed by atoms with E-state index in [9.17, 15) is 9.50 Å². The Hall–Kier alpha value is -3.25. The number of anilines is 1. The van der Waals surface area contributed by atoms with E-state index in [1.807, 2.05) is 13.0 Å². The summed E-state index contributed by atoms with van der Waals surface area (Å²) in [4.78, 5) is 4.17. The van der Waals surface area contributed by atoms with Gasteiger partial charge in [0.05, 0.1) is 0 Å². The molecule has 0 aliphatic carbocycles. The number of rotatable bonds is 6. The number of pyridine rings is 1. The number of nitrogens with zero attached hydrogens (tertiary/aromatic N) is 3. The molecule has 142 valence electrons. The summed E-state index contributed by atoms with van der Waals surface area (Å²) >= 11 is 5.92. The Morgan fingerprint density at radius 2 is 2.07 bits per heavy atom. The van der Waals surface area contributed by atoms with Gasteiger partial charge in [-0.3, -0.25) is 4.98 Å². The maximum Gasteiger partial charge on any atom is 0.158 e. The van der Waals surface area contributed by atoms with Crippen molar-refractivity contribution in [1.29, 1.82) is 0 Å². The third-order valence-electron chi connectivity index (χ3n) is 4.05. The Labute approximate surface area is 166 Å². The number of aromatic hydroxyl groups is 1. The van der Waals surface area contributed by atoms with Gasteiger partial charge in [0, 0.05) is 40.3 Å². The predicted octanol–water partition coefficient (Wildman–Crippen LogP) is 5.45. The van der Waals surface area contributed by atoms with E-state index < -0.39 is 5.83 Å². The van der Waals surface area contributed by atoms with Crippen molar-refractivity contribution >= 4 is 28.2 Å². The van der Waals surface area contributed by atoms with E-state index in [0.717, 1.165) is 22.4 Å². The van der Waals surface area contributed by atoms with Crippen LogP contribution in [-0.2, 0) is 0 Å². The number of phenolic OH excluding ortho intramolecular Hbond substituents is 1. The molecule has 0 saturated heterocycles. The number of hydrogen-bond donors (Lipinski definition) is 2. The van der Waals surface area contributed by atoms with Gasteiger partial charge in [-0.1, -0.05) is 29.8 Å². The van der Waals surface area contributed by atoms with Crippen molar-refractivity contribution in [2.75, 3.05) is 11.9 Å². The number of phenols is 1. The van der Waals surface area contributed by atoms with Gasteiger partial charge in [-0.25, -0.2) is 4.39 Å². The first kappa shape index (κ1) is 19.5. The van der Waals surface area contributed by atoms with Crippen molar-refractivity contribution < 1.29 is 9.50 Å². The lowest BCUT2D eigenvalue weighted by Gasteiger charge is -2.12. The number of fused-ring (bicyclic) bond motifs is 1. The molecule has 5 nitrogen and oxygen atoms in total. The van der Waals surface area contributed by atoms with Crippen molar-refractivity contribution in [3.05, 3.63) is 77.9 Å². The van der Waals surface area contributed by atoms with Gasteiger partial charge >= 0.3 is 0 Å². The van der Waals surface area contributed by atoms with Gasteiger partial charge in [0.1, 0.15) is 17.3 Å². The van der Waals surface area contributed by atoms with Gasteiger partial charge in [0.2, 0.25) is 0 Å². The highest BCUT2D eigenvalue weighted by Crippen LogP contribution is 2.35. The third kappa shape index (κ3) is 4.35. The Kier molecular flexibility index (Phi) is 6.01.